The number of carbonyl (C=O) groups is 2. The summed E-state index contributed by atoms with van der Waals surface area (Å²) in [4.78, 5) is 37.9. The lowest BCUT2D eigenvalue weighted by Gasteiger charge is -2.39. The standard InChI is InChI=1S/C21H22FN3O5/c22-17-6-4-15(5-7-17)19(8-9-20(26)27)23-10-12-24(13-11-23)21(28)16-2-1-3-18(14-16)25(29)30/h1-7,14,19H,8-13H2,(H,26,27)/t19-/m0/s1. The highest BCUT2D eigenvalue weighted by Gasteiger charge is 2.28. The van der Waals surface area contributed by atoms with Gasteiger partial charge < -0.3 is 10.0 Å². The molecule has 0 spiro atoms. The minimum absolute atomic E-state index is 0.0190. The molecule has 1 aliphatic rings. The fraction of sp³-hybridized carbons (Fsp3) is 0.333. The van der Waals surface area contributed by atoms with Crippen LogP contribution in [0.15, 0.2) is 48.5 Å². The number of piperazine rings is 1. The average Bonchev–Trinajstić information content (AvgIpc) is 2.75. The van der Waals surface area contributed by atoms with Crippen LogP contribution in [0, 0.1) is 15.9 Å². The molecule has 1 fully saturated rings. The molecule has 9 heteroatoms. The van der Waals surface area contributed by atoms with Crippen LogP contribution >= 0.6 is 0 Å². The molecule has 8 nitrogen and oxygen atoms in total. The number of carboxylic acids is 1. The molecule has 0 aromatic heterocycles. The Labute approximate surface area is 172 Å². The number of nitro groups is 1. The van der Waals surface area contributed by atoms with Crippen molar-refractivity contribution >= 4 is 17.6 Å². The average molecular weight is 415 g/mol. The molecule has 1 saturated heterocycles. The van der Waals surface area contributed by atoms with Gasteiger partial charge in [-0.3, -0.25) is 24.6 Å². The third-order valence-electron chi connectivity index (χ3n) is 5.23. The molecular weight excluding hydrogens is 393 g/mol. The minimum Gasteiger partial charge on any atom is -0.481 e. The lowest BCUT2D eigenvalue weighted by atomic mass is 9.99. The number of halogens is 1. The van der Waals surface area contributed by atoms with Gasteiger partial charge in [0.2, 0.25) is 0 Å². The number of hydrogen-bond donors (Lipinski definition) is 1. The first-order valence-electron chi connectivity index (χ1n) is 9.60. The van der Waals surface area contributed by atoms with Crippen molar-refractivity contribution in [3.8, 4) is 0 Å². The molecule has 1 heterocycles. The maximum atomic E-state index is 13.3. The van der Waals surface area contributed by atoms with Gasteiger partial charge in [0.1, 0.15) is 5.82 Å². The van der Waals surface area contributed by atoms with Crippen molar-refractivity contribution in [3.05, 3.63) is 75.6 Å². The molecule has 0 unspecified atom stereocenters. The largest absolute Gasteiger partial charge is 0.481 e. The van der Waals surface area contributed by atoms with Crippen molar-refractivity contribution in [1.29, 1.82) is 0 Å². The Morgan fingerprint density at radius 2 is 1.77 bits per heavy atom. The van der Waals surface area contributed by atoms with Crippen LogP contribution in [-0.4, -0.2) is 57.9 Å². The van der Waals surface area contributed by atoms with Crippen LogP contribution < -0.4 is 0 Å². The lowest BCUT2D eigenvalue weighted by Crippen LogP contribution is -2.49. The monoisotopic (exact) mass is 415 g/mol. The number of aliphatic carboxylic acids is 1. The topological polar surface area (TPSA) is 104 Å². The predicted octanol–water partition coefficient (Wildman–Crippen LogP) is 3.10. The number of amides is 1. The Morgan fingerprint density at radius 1 is 1.10 bits per heavy atom. The number of hydrogen-bond acceptors (Lipinski definition) is 5. The molecule has 0 saturated carbocycles. The number of carboxylic acid groups (broad SMARTS) is 1. The summed E-state index contributed by atoms with van der Waals surface area (Å²) in [6, 6.07) is 11.5. The van der Waals surface area contributed by atoms with Crippen LogP contribution in [0.1, 0.15) is 34.8 Å². The van der Waals surface area contributed by atoms with Gasteiger partial charge in [-0.1, -0.05) is 18.2 Å². The van der Waals surface area contributed by atoms with E-state index >= 15 is 0 Å². The molecular formula is C21H22FN3O5. The van der Waals surface area contributed by atoms with Crippen LogP contribution in [-0.2, 0) is 4.79 Å². The molecule has 1 amide bonds. The third kappa shape index (κ3) is 5.18. The Balaban J connectivity index is 1.69. The number of benzene rings is 2. The molecule has 3 rings (SSSR count). The Morgan fingerprint density at radius 3 is 2.37 bits per heavy atom. The fourth-order valence-corrected chi connectivity index (χ4v) is 3.68. The molecule has 158 valence electrons. The second-order valence-corrected chi connectivity index (χ2v) is 7.14. The number of nitrogens with zero attached hydrogens (tertiary/aromatic N) is 3. The zero-order chi connectivity index (χ0) is 21.7. The van der Waals surface area contributed by atoms with Crippen molar-refractivity contribution in [2.75, 3.05) is 26.2 Å². The maximum Gasteiger partial charge on any atom is 0.303 e. The zero-order valence-electron chi connectivity index (χ0n) is 16.2. The lowest BCUT2D eigenvalue weighted by molar-refractivity contribution is -0.384. The van der Waals surface area contributed by atoms with Crippen molar-refractivity contribution in [1.82, 2.24) is 9.80 Å². The summed E-state index contributed by atoms with van der Waals surface area (Å²) >= 11 is 0. The second-order valence-electron chi connectivity index (χ2n) is 7.14. The number of nitro benzene ring substituents is 1. The summed E-state index contributed by atoms with van der Waals surface area (Å²) in [6.45, 7) is 1.85. The first kappa shape index (κ1) is 21.4. The van der Waals surface area contributed by atoms with E-state index in [9.17, 15) is 24.1 Å². The normalized spacial score (nSPS) is 15.6. The van der Waals surface area contributed by atoms with Gasteiger partial charge in [0.15, 0.2) is 0 Å². The van der Waals surface area contributed by atoms with Gasteiger partial charge in [-0.25, -0.2) is 4.39 Å². The quantitative estimate of drug-likeness (QED) is 0.550. The molecule has 2 aromatic rings. The summed E-state index contributed by atoms with van der Waals surface area (Å²) in [7, 11) is 0. The Hall–Kier alpha value is -3.33. The highest BCUT2D eigenvalue weighted by molar-refractivity contribution is 5.94. The zero-order valence-corrected chi connectivity index (χ0v) is 16.2. The highest BCUT2D eigenvalue weighted by Crippen LogP contribution is 2.27. The van der Waals surface area contributed by atoms with E-state index in [0.29, 0.717) is 32.6 Å². The second kappa shape index (κ2) is 9.45. The number of carbonyl (C=O) groups excluding carboxylic acids is 1. The summed E-state index contributed by atoms with van der Waals surface area (Å²) in [5, 5.41) is 20.0. The SMILES string of the molecule is O=C(O)CC[C@@H](c1ccc(F)cc1)N1CCN(C(=O)c2cccc([N+](=O)[O-])c2)CC1. The molecule has 0 radical (unpaired) electrons. The van der Waals surface area contributed by atoms with Gasteiger partial charge in [0.05, 0.1) is 4.92 Å². The van der Waals surface area contributed by atoms with Gasteiger partial charge in [-0.15, -0.1) is 0 Å². The van der Waals surface area contributed by atoms with Crippen LogP contribution in [0.5, 0.6) is 0 Å². The van der Waals surface area contributed by atoms with Gasteiger partial charge in [0, 0.05) is 56.3 Å². The highest BCUT2D eigenvalue weighted by atomic mass is 19.1. The van der Waals surface area contributed by atoms with E-state index in [-0.39, 0.29) is 35.4 Å². The number of non-ortho nitro benzene ring substituents is 1. The summed E-state index contributed by atoms with van der Waals surface area (Å²) < 4.78 is 13.3. The van der Waals surface area contributed by atoms with Crippen molar-refractivity contribution in [2.24, 2.45) is 0 Å². The minimum atomic E-state index is -0.901. The van der Waals surface area contributed by atoms with Crippen LogP contribution in [0.25, 0.3) is 0 Å². The molecule has 30 heavy (non-hydrogen) atoms. The van der Waals surface area contributed by atoms with Gasteiger partial charge in [-0.2, -0.15) is 0 Å². The van der Waals surface area contributed by atoms with E-state index in [2.05, 4.69) is 4.90 Å². The predicted molar refractivity (Wildman–Crippen MR) is 107 cm³/mol. The first-order valence-corrected chi connectivity index (χ1v) is 9.60. The third-order valence-corrected chi connectivity index (χ3v) is 5.23. The van der Waals surface area contributed by atoms with Gasteiger partial charge in [0.25, 0.3) is 11.6 Å². The summed E-state index contributed by atoms with van der Waals surface area (Å²) in [5.41, 5.74) is 0.958. The summed E-state index contributed by atoms with van der Waals surface area (Å²) in [5.74, 6) is -1.54. The Kier molecular flexibility index (Phi) is 6.73. The van der Waals surface area contributed by atoms with E-state index in [4.69, 9.17) is 5.11 Å². The molecule has 0 aliphatic carbocycles. The van der Waals surface area contributed by atoms with Gasteiger partial charge in [-0.05, 0) is 30.2 Å². The molecule has 1 aliphatic heterocycles. The van der Waals surface area contributed by atoms with Crippen molar-refractivity contribution < 1.29 is 24.0 Å². The van der Waals surface area contributed by atoms with Crippen LogP contribution in [0.4, 0.5) is 10.1 Å². The van der Waals surface area contributed by atoms with Crippen molar-refractivity contribution in [3.63, 3.8) is 0 Å². The van der Waals surface area contributed by atoms with Gasteiger partial charge >= 0.3 is 5.97 Å². The van der Waals surface area contributed by atoms with E-state index in [1.807, 2.05) is 0 Å². The van der Waals surface area contributed by atoms with Crippen LogP contribution in [0.3, 0.4) is 0 Å². The molecule has 0 bridgehead atoms. The van der Waals surface area contributed by atoms with E-state index in [0.717, 1.165) is 5.56 Å². The molecule has 1 N–H and O–H groups in total. The van der Waals surface area contributed by atoms with E-state index in [1.165, 1.54) is 30.3 Å². The van der Waals surface area contributed by atoms with Crippen molar-refractivity contribution in [2.45, 2.75) is 18.9 Å². The summed E-state index contributed by atoms with van der Waals surface area (Å²) in [6.07, 6.45) is 0.356. The van der Waals surface area contributed by atoms with Crippen LogP contribution in [0.2, 0.25) is 0 Å². The Bertz CT molecular complexity index is 926. The molecule has 1 atom stereocenters. The fourth-order valence-electron chi connectivity index (χ4n) is 3.68. The maximum absolute atomic E-state index is 13.3. The number of rotatable bonds is 7. The smallest absolute Gasteiger partial charge is 0.303 e. The van der Waals surface area contributed by atoms with E-state index < -0.39 is 10.9 Å². The first-order chi connectivity index (χ1) is 14.3. The molecule has 2 aromatic carbocycles. The van der Waals surface area contributed by atoms with E-state index in [1.54, 1.807) is 23.1 Å².